The lowest BCUT2D eigenvalue weighted by Crippen LogP contribution is -2.55. The first-order valence-electron chi connectivity index (χ1n) is 11.0. The van der Waals surface area contributed by atoms with Crippen LogP contribution in [0.5, 0.6) is 5.75 Å². The molecule has 1 heterocycles. The summed E-state index contributed by atoms with van der Waals surface area (Å²) in [5.74, 6) is 4.35. The number of amides is 1. The maximum Gasteiger partial charge on any atom is 0.261 e. The Labute approximate surface area is 177 Å². The van der Waals surface area contributed by atoms with Gasteiger partial charge in [0.1, 0.15) is 12.4 Å². The van der Waals surface area contributed by atoms with E-state index in [2.05, 4.69) is 43.6 Å². The van der Waals surface area contributed by atoms with Gasteiger partial charge in [0.15, 0.2) is 0 Å². The molecule has 1 amide bonds. The van der Waals surface area contributed by atoms with Crippen LogP contribution in [0.2, 0.25) is 0 Å². The van der Waals surface area contributed by atoms with Gasteiger partial charge in [-0.25, -0.2) is 0 Å². The summed E-state index contributed by atoms with van der Waals surface area (Å²) >= 11 is 1.54. The summed E-state index contributed by atoms with van der Waals surface area (Å²) in [7, 11) is 0. The van der Waals surface area contributed by atoms with Gasteiger partial charge in [0.05, 0.1) is 4.88 Å². The van der Waals surface area contributed by atoms with Gasteiger partial charge in [0, 0.05) is 11.6 Å². The van der Waals surface area contributed by atoms with E-state index in [1.165, 1.54) is 60.1 Å². The van der Waals surface area contributed by atoms with Gasteiger partial charge in [-0.3, -0.25) is 4.79 Å². The van der Waals surface area contributed by atoms with Crippen LogP contribution in [0.25, 0.3) is 0 Å². The van der Waals surface area contributed by atoms with Crippen LogP contribution in [-0.4, -0.2) is 11.9 Å². The third-order valence-electron chi connectivity index (χ3n) is 7.56. The number of ether oxygens (including phenoxy) is 1. The summed E-state index contributed by atoms with van der Waals surface area (Å²) < 4.78 is 6.08. The molecule has 4 saturated carbocycles. The minimum Gasteiger partial charge on any atom is -0.489 e. The second kappa shape index (κ2) is 7.46. The van der Waals surface area contributed by atoms with Crippen LogP contribution in [0.15, 0.2) is 23.6 Å². The molecule has 3 nitrogen and oxygen atoms in total. The molecule has 1 N–H and O–H groups in total. The van der Waals surface area contributed by atoms with E-state index in [1.54, 1.807) is 0 Å². The second-order valence-electron chi connectivity index (χ2n) is 9.74. The normalized spacial score (nSPS) is 29.8. The average Bonchev–Trinajstić information content (AvgIpc) is 3.15. The minimum absolute atomic E-state index is 0.112. The number of benzene rings is 1. The Bertz CT molecular complexity index is 903. The van der Waals surface area contributed by atoms with Gasteiger partial charge in [-0.05, 0) is 111 Å². The lowest BCUT2D eigenvalue weighted by molar-refractivity contribution is -0.0119. The van der Waals surface area contributed by atoms with Crippen LogP contribution in [-0.2, 0) is 6.61 Å². The predicted octanol–water partition coefficient (Wildman–Crippen LogP) is 5.81. The van der Waals surface area contributed by atoms with E-state index < -0.39 is 0 Å². The average molecular weight is 410 g/mol. The maximum absolute atomic E-state index is 12.9. The fourth-order valence-electron chi connectivity index (χ4n) is 6.27. The van der Waals surface area contributed by atoms with Crippen molar-refractivity contribution in [3.8, 4) is 5.75 Å². The van der Waals surface area contributed by atoms with E-state index >= 15 is 0 Å². The van der Waals surface area contributed by atoms with Crippen molar-refractivity contribution in [2.24, 2.45) is 23.7 Å². The molecule has 0 spiro atoms. The SMILES string of the molecule is Cc1cc(C)c(C)c(OCc2csc(C(=O)NC3C4CC5CC(C4)CC3C5)c2)c1. The second-order valence-corrected chi connectivity index (χ2v) is 10.7. The van der Waals surface area contributed by atoms with Crippen molar-refractivity contribution in [2.45, 2.75) is 65.5 Å². The fraction of sp³-hybridized carbons (Fsp3) is 0.560. The molecule has 2 aromatic rings. The number of hydrogen-bond donors (Lipinski definition) is 1. The smallest absolute Gasteiger partial charge is 0.261 e. The van der Waals surface area contributed by atoms with E-state index in [9.17, 15) is 4.79 Å². The zero-order valence-corrected chi connectivity index (χ0v) is 18.5. The fourth-order valence-corrected chi connectivity index (χ4v) is 7.07. The van der Waals surface area contributed by atoms with Crippen LogP contribution < -0.4 is 10.1 Å². The van der Waals surface area contributed by atoms with Crippen molar-refractivity contribution >= 4 is 17.2 Å². The van der Waals surface area contributed by atoms with E-state index in [0.717, 1.165) is 28.0 Å². The molecule has 4 heteroatoms. The van der Waals surface area contributed by atoms with Gasteiger partial charge in [0.2, 0.25) is 0 Å². The van der Waals surface area contributed by atoms with Gasteiger partial charge in [-0.15, -0.1) is 11.3 Å². The Kier molecular flexibility index (Phi) is 4.93. The first-order chi connectivity index (χ1) is 14.0. The standard InChI is InChI=1S/C25H31NO2S/c1-14-4-15(2)16(3)22(5-14)28-12-19-11-23(29-13-19)25(27)26-24-20-7-17-6-18(9-20)10-21(24)8-17/h4-5,11,13,17-18,20-21,24H,6-10,12H2,1-3H3,(H,26,27). The largest absolute Gasteiger partial charge is 0.489 e. The molecular weight excluding hydrogens is 378 g/mol. The predicted molar refractivity (Wildman–Crippen MR) is 118 cm³/mol. The quantitative estimate of drug-likeness (QED) is 0.677. The molecule has 0 atom stereocenters. The van der Waals surface area contributed by atoms with Crippen molar-refractivity contribution < 1.29 is 9.53 Å². The maximum atomic E-state index is 12.9. The van der Waals surface area contributed by atoms with Crippen LogP contribution >= 0.6 is 11.3 Å². The lowest BCUT2D eigenvalue weighted by Gasteiger charge is -2.54. The third kappa shape index (κ3) is 3.72. The lowest BCUT2D eigenvalue weighted by atomic mass is 9.54. The highest BCUT2D eigenvalue weighted by molar-refractivity contribution is 7.12. The molecule has 6 rings (SSSR count). The highest BCUT2D eigenvalue weighted by atomic mass is 32.1. The number of thiophene rings is 1. The Balaban J connectivity index is 1.22. The Morgan fingerprint density at radius 3 is 2.41 bits per heavy atom. The van der Waals surface area contributed by atoms with Crippen LogP contribution in [0.3, 0.4) is 0 Å². The summed E-state index contributed by atoms with van der Waals surface area (Å²) in [6, 6.07) is 6.68. The van der Waals surface area contributed by atoms with Crippen molar-refractivity contribution in [1.82, 2.24) is 5.32 Å². The molecule has 0 radical (unpaired) electrons. The molecule has 4 aliphatic rings. The van der Waals surface area contributed by atoms with Gasteiger partial charge in [-0.1, -0.05) is 6.07 Å². The van der Waals surface area contributed by atoms with Crippen molar-refractivity contribution in [1.29, 1.82) is 0 Å². The first kappa shape index (κ1) is 19.2. The molecule has 0 aliphatic heterocycles. The summed E-state index contributed by atoms with van der Waals surface area (Å²) in [6.07, 6.45) is 6.77. The number of aryl methyl sites for hydroxylation is 2. The highest BCUT2D eigenvalue weighted by Crippen LogP contribution is 2.53. The molecule has 0 unspecified atom stereocenters. The van der Waals surface area contributed by atoms with Crippen LogP contribution in [0.4, 0.5) is 0 Å². The minimum atomic E-state index is 0.112. The number of nitrogens with one attached hydrogen (secondary N) is 1. The molecular formula is C25H31NO2S. The monoisotopic (exact) mass is 409 g/mol. The zero-order valence-electron chi connectivity index (χ0n) is 17.7. The van der Waals surface area contributed by atoms with E-state index in [1.807, 2.05) is 6.07 Å². The molecule has 4 fully saturated rings. The van der Waals surface area contributed by atoms with E-state index in [4.69, 9.17) is 4.74 Å². The van der Waals surface area contributed by atoms with Crippen molar-refractivity contribution in [3.63, 3.8) is 0 Å². The number of carbonyl (C=O) groups excluding carboxylic acids is 1. The van der Waals surface area contributed by atoms with Crippen LogP contribution in [0.1, 0.15) is 64.0 Å². The van der Waals surface area contributed by atoms with Crippen molar-refractivity contribution in [3.05, 3.63) is 50.7 Å². The van der Waals surface area contributed by atoms with Gasteiger partial charge >= 0.3 is 0 Å². The number of hydrogen-bond acceptors (Lipinski definition) is 3. The summed E-state index contributed by atoms with van der Waals surface area (Å²) in [5, 5.41) is 5.48. The van der Waals surface area contributed by atoms with E-state index in [-0.39, 0.29) is 5.91 Å². The topological polar surface area (TPSA) is 38.3 Å². The highest BCUT2D eigenvalue weighted by Gasteiger charge is 2.48. The summed E-state index contributed by atoms with van der Waals surface area (Å²) in [4.78, 5) is 13.7. The summed E-state index contributed by atoms with van der Waals surface area (Å²) in [6.45, 7) is 6.82. The molecule has 1 aromatic carbocycles. The van der Waals surface area contributed by atoms with Crippen molar-refractivity contribution in [2.75, 3.05) is 0 Å². The van der Waals surface area contributed by atoms with E-state index in [0.29, 0.717) is 24.5 Å². The molecule has 4 aliphatic carbocycles. The molecule has 154 valence electrons. The summed E-state index contributed by atoms with van der Waals surface area (Å²) in [5.41, 5.74) is 4.72. The Hall–Kier alpha value is -1.81. The Morgan fingerprint density at radius 2 is 1.72 bits per heavy atom. The number of carbonyl (C=O) groups is 1. The zero-order chi connectivity index (χ0) is 20.1. The third-order valence-corrected chi connectivity index (χ3v) is 8.54. The molecule has 4 bridgehead atoms. The molecule has 29 heavy (non-hydrogen) atoms. The van der Waals surface area contributed by atoms with Gasteiger partial charge in [-0.2, -0.15) is 0 Å². The van der Waals surface area contributed by atoms with Crippen LogP contribution in [0, 0.1) is 44.4 Å². The Morgan fingerprint density at radius 1 is 1.03 bits per heavy atom. The van der Waals surface area contributed by atoms with Gasteiger partial charge in [0.25, 0.3) is 5.91 Å². The molecule has 1 aromatic heterocycles. The first-order valence-corrected chi connectivity index (χ1v) is 11.9. The van der Waals surface area contributed by atoms with Gasteiger partial charge < -0.3 is 10.1 Å². The number of rotatable bonds is 5. The molecule has 0 saturated heterocycles.